The monoisotopic (exact) mass is 476 g/mol. The second-order valence-corrected chi connectivity index (χ2v) is 10.7. The predicted molar refractivity (Wildman–Crippen MR) is 130 cm³/mol. The minimum Gasteiger partial charge on any atom is -0.353 e. The zero-order valence-electron chi connectivity index (χ0n) is 20.4. The number of hydrogen-bond acceptors (Lipinski definition) is 4. The molecule has 2 aliphatic rings. The first-order chi connectivity index (χ1) is 15.5. The molecule has 0 radical (unpaired) electrons. The van der Waals surface area contributed by atoms with Crippen molar-refractivity contribution in [2.24, 2.45) is 11.3 Å². The van der Waals surface area contributed by atoms with E-state index < -0.39 is 11.6 Å². The number of benzene rings is 1. The van der Waals surface area contributed by atoms with E-state index in [-0.39, 0.29) is 29.8 Å². The molecule has 1 saturated heterocycles. The molecule has 182 valence electrons. The lowest BCUT2D eigenvalue weighted by molar-refractivity contribution is -0.136. The molecule has 0 aromatic heterocycles. The van der Waals surface area contributed by atoms with Crippen LogP contribution in [0.2, 0.25) is 5.02 Å². The topological polar surface area (TPSA) is 81.8 Å². The fraction of sp³-hybridized carbons (Fsp3) is 0.640. The Bertz CT molecular complexity index is 893. The summed E-state index contributed by atoms with van der Waals surface area (Å²) >= 11 is 6.34. The van der Waals surface area contributed by atoms with Crippen LogP contribution in [-0.4, -0.2) is 60.4 Å². The minimum atomic E-state index is -0.860. The Hall–Kier alpha value is -2.12. The van der Waals surface area contributed by atoms with Crippen molar-refractivity contribution in [2.75, 3.05) is 27.2 Å². The summed E-state index contributed by atoms with van der Waals surface area (Å²) in [5, 5.41) is 6.41. The van der Waals surface area contributed by atoms with Gasteiger partial charge in [-0.1, -0.05) is 57.0 Å². The number of amides is 4. The van der Waals surface area contributed by atoms with Gasteiger partial charge in [0.2, 0.25) is 5.91 Å². The second-order valence-electron chi connectivity index (χ2n) is 10.3. The zero-order valence-corrected chi connectivity index (χ0v) is 21.2. The summed E-state index contributed by atoms with van der Waals surface area (Å²) in [6, 6.07) is 6.91. The number of halogens is 1. The number of hydrogen-bond donors (Lipinski definition) is 2. The van der Waals surface area contributed by atoms with Gasteiger partial charge in [-0.25, -0.2) is 4.79 Å². The fourth-order valence-corrected chi connectivity index (χ4v) is 5.33. The van der Waals surface area contributed by atoms with Crippen LogP contribution in [-0.2, 0) is 9.59 Å². The Kier molecular flexibility index (Phi) is 7.74. The Morgan fingerprint density at radius 2 is 1.91 bits per heavy atom. The molecule has 33 heavy (non-hydrogen) atoms. The first-order valence-electron chi connectivity index (χ1n) is 11.8. The van der Waals surface area contributed by atoms with Gasteiger partial charge in [0.25, 0.3) is 5.91 Å². The molecule has 8 heteroatoms. The maximum absolute atomic E-state index is 13.2. The summed E-state index contributed by atoms with van der Waals surface area (Å²) in [6.07, 6.45) is 4.13. The van der Waals surface area contributed by atoms with Crippen LogP contribution in [0.1, 0.15) is 64.5 Å². The molecule has 1 unspecified atom stereocenters. The smallest absolute Gasteiger partial charge is 0.325 e. The van der Waals surface area contributed by atoms with Crippen molar-refractivity contribution in [1.82, 2.24) is 20.4 Å². The lowest BCUT2D eigenvalue weighted by atomic mass is 9.65. The van der Waals surface area contributed by atoms with E-state index in [0.29, 0.717) is 30.3 Å². The highest BCUT2D eigenvalue weighted by Gasteiger charge is 2.53. The number of nitrogens with one attached hydrogen (secondary N) is 2. The summed E-state index contributed by atoms with van der Waals surface area (Å²) in [4.78, 5) is 41.6. The fourth-order valence-electron chi connectivity index (χ4n) is 5.07. The maximum Gasteiger partial charge on any atom is 0.325 e. The standard InChI is InChI=1S/C25H37ClN4O3/c1-6-24(2,3)17-11-13-25(14-12-17)22(32)30(23(33)28-25)16-21(31)27-15-20(29(4)5)18-9-7-8-10-19(18)26/h7-10,17,20H,6,11-16H2,1-5H3,(H,27,31)(H,28,33). The lowest BCUT2D eigenvalue weighted by Gasteiger charge is -2.42. The Morgan fingerprint density at radius 1 is 1.27 bits per heavy atom. The molecule has 7 nitrogen and oxygen atoms in total. The van der Waals surface area contributed by atoms with E-state index in [1.807, 2.05) is 43.3 Å². The van der Waals surface area contributed by atoms with E-state index >= 15 is 0 Å². The normalized spacial score (nSPS) is 24.3. The highest BCUT2D eigenvalue weighted by atomic mass is 35.5. The van der Waals surface area contributed by atoms with Crippen molar-refractivity contribution in [2.45, 2.75) is 64.5 Å². The molecule has 1 spiro atoms. The van der Waals surface area contributed by atoms with Gasteiger partial charge in [-0.05, 0) is 62.7 Å². The quantitative estimate of drug-likeness (QED) is 0.556. The van der Waals surface area contributed by atoms with Crippen LogP contribution in [0.25, 0.3) is 0 Å². The van der Waals surface area contributed by atoms with Crippen LogP contribution in [0, 0.1) is 11.3 Å². The molecule has 4 amide bonds. The van der Waals surface area contributed by atoms with Crippen molar-refractivity contribution >= 4 is 29.4 Å². The van der Waals surface area contributed by atoms with Gasteiger partial charge in [0.05, 0.1) is 6.04 Å². The number of likely N-dealkylation sites (N-methyl/N-ethyl adjacent to an activating group) is 1. The van der Waals surface area contributed by atoms with Crippen LogP contribution >= 0.6 is 11.6 Å². The third-order valence-corrected chi connectivity index (χ3v) is 8.13. The first-order valence-corrected chi connectivity index (χ1v) is 12.2. The number of rotatable bonds is 8. The van der Waals surface area contributed by atoms with Crippen LogP contribution in [0.4, 0.5) is 4.79 Å². The van der Waals surface area contributed by atoms with Crippen molar-refractivity contribution in [1.29, 1.82) is 0 Å². The van der Waals surface area contributed by atoms with Crippen molar-refractivity contribution in [3.8, 4) is 0 Å². The molecule has 1 aromatic carbocycles. The zero-order chi connectivity index (χ0) is 24.4. The van der Waals surface area contributed by atoms with Gasteiger partial charge in [0.1, 0.15) is 12.1 Å². The van der Waals surface area contributed by atoms with Gasteiger partial charge < -0.3 is 15.5 Å². The van der Waals surface area contributed by atoms with E-state index in [2.05, 4.69) is 31.4 Å². The predicted octanol–water partition coefficient (Wildman–Crippen LogP) is 3.98. The first kappa shape index (κ1) is 25.5. The van der Waals surface area contributed by atoms with Gasteiger partial charge in [-0.2, -0.15) is 0 Å². The molecule has 2 N–H and O–H groups in total. The molecule has 2 fully saturated rings. The Morgan fingerprint density at radius 3 is 2.48 bits per heavy atom. The van der Waals surface area contributed by atoms with E-state index in [0.717, 1.165) is 29.7 Å². The SMILES string of the molecule is CCC(C)(C)C1CCC2(CC1)NC(=O)N(CC(=O)NCC(c1ccccc1Cl)N(C)C)C2=O. The third-order valence-electron chi connectivity index (χ3n) is 7.78. The lowest BCUT2D eigenvalue weighted by Crippen LogP contribution is -2.51. The van der Waals surface area contributed by atoms with Crippen molar-refractivity contribution in [3.05, 3.63) is 34.9 Å². The van der Waals surface area contributed by atoms with Crippen molar-refractivity contribution < 1.29 is 14.4 Å². The molecular weight excluding hydrogens is 440 g/mol. The number of imide groups is 1. The summed E-state index contributed by atoms with van der Waals surface area (Å²) in [6.45, 7) is 6.77. The average molecular weight is 477 g/mol. The number of carbonyl (C=O) groups is 3. The number of carbonyl (C=O) groups excluding carboxylic acids is 3. The van der Waals surface area contributed by atoms with E-state index in [4.69, 9.17) is 11.6 Å². The molecular formula is C25H37ClN4O3. The molecule has 0 bridgehead atoms. The largest absolute Gasteiger partial charge is 0.353 e. The van der Waals surface area contributed by atoms with Crippen LogP contribution < -0.4 is 10.6 Å². The molecule has 1 aromatic rings. The summed E-state index contributed by atoms with van der Waals surface area (Å²) < 4.78 is 0. The molecule has 1 saturated carbocycles. The van der Waals surface area contributed by atoms with Gasteiger partial charge >= 0.3 is 6.03 Å². The Balaban J connectivity index is 1.60. The van der Waals surface area contributed by atoms with Crippen LogP contribution in [0.5, 0.6) is 0 Å². The molecule has 1 aliphatic carbocycles. The van der Waals surface area contributed by atoms with Gasteiger partial charge in [0.15, 0.2) is 0 Å². The third kappa shape index (κ3) is 5.35. The van der Waals surface area contributed by atoms with E-state index in [1.165, 1.54) is 0 Å². The van der Waals surface area contributed by atoms with Gasteiger partial charge in [-0.15, -0.1) is 0 Å². The van der Waals surface area contributed by atoms with Crippen LogP contribution in [0.3, 0.4) is 0 Å². The highest BCUT2D eigenvalue weighted by Crippen LogP contribution is 2.45. The molecule has 3 rings (SSSR count). The average Bonchev–Trinajstić information content (AvgIpc) is 2.99. The molecule has 1 atom stereocenters. The Labute approximate surface area is 202 Å². The van der Waals surface area contributed by atoms with Crippen LogP contribution in [0.15, 0.2) is 24.3 Å². The minimum absolute atomic E-state index is 0.130. The van der Waals surface area contributed by atoms with Crippen molar-refractivity contribution in [3.63, 3.8) is 0 Å². The summed E-state index contributed by atoms with van der Waals surface area (Å²) in [7, 11) is 3.83. The van der Waals surface area contributed by atoms with E-state index in [1.54, 1.807) is 0 Å². The highest BCUT2D eigenvalue weighted by molar-refractivity contribution is 6.31. The van der Waals surface area contributed by atoms with E-state index in [9.17, 15) is 14.4 Å². The van der Waals surface area contributed by atoms with Gasteiger partial charge in [-0.3, -0.25) is 14.5 Å². The molecule has 1 aliphatic heterocycles. The van der Waals surface area contributed by atoms with Gasteiger partial charge in [0, 0.05) is 11.6 Å². The summed E-state index contributed by atoms with van der Waals surface area (Å²) in [5.41, 5.74) is 0.268. The maximum atomic E-state index is 13.2. The number of urea groups is 1. The summed E-state index contributed by atoms with van der Waals surface area (Å²) in [5.74, 6) is -0.108. The molecule has 1 heterocycles. The second kappa shape index (κ2) is 10.0. The number of nitrogens with zero attached hydrogens (tertiary/aromatic N) is 2.